The van der Waals surface area contributed by atoms with Gasteiger partial charge in [0.25, 0.3) is 0 Å². The van der Waals surface area contributed by atoms with E-state index in [9.17, 15) is 45.6 Å². The third kappa shape index (κ3) is 3.65. The SMILES string of the molecule is C=C(C)[C@]1(O)C[C@@H](C)[C@@]2(O)[C@H]([C@H]1OC(=O)c1ccccc1)[C@H](O)[C@](O)(CO)[C@@H](O)[C@@]1(O)[C@H]2C[C@H](C)[C@@H]1O. The first kappa shape index (κ1) is 28.1. The molecule has 0 saturated heterocycles. The number of ether oxygens (including phenoxy) is 1. The van der Waals surface area contributed by atoms with E-state index in [0.717, 1.165) is 0 Å². The molecule has 0 amide bonds. The van der Waals surface area contributed by atoms with Crippen molar-refractivity contribution in [3.05, 3.63) is 48.0 Å². The largest absolute Gasteiger partial charge is 0.455 e. The number of rotatable bonds is 4. The normalized spacial score (nSPS) is 49.5. The van der Waals surface area contributed by atoms with Crippen molar-refractivity contribution in [1.82, 2.24) is 0 Å². The molecule has 0 aliphatic heterocycles. The zero-order valence-corrected chi connectivity index (χ0v) is 21.2. The summed E-state index contributed by atoms with van der Waals surface area (Å²) in [6.45, 7) is 7.23. The maximum Gasteiger partial charge on any atom is 0.338 e. The van der Waals surface area contributed by atoms with Crippen LogP contribution in [0.4, 0.5) is 0 Å². The Kier molecular flexibility index (Phi) is 6.92. The van der Waals surface area contributed by atoms with Gasteiger partial charge >= 0.3 is 5.97 Å². The molecular weight excluding hydrogens is 484 g/mol. The van der Waals surface area contributed by atoms with Gasteiger partial charge in [-0.05, 0) is 49.3 Å². The predicted octanol–water partition coefficient (Wildman–Crippen LogP) is -0.887. The zero-order valence-electron chi connectivity index (χ0n) is 21.2. The Balaban J connectivity index is 1.96. The van der Waals surface area contributed by atoms with Gasteiger partial charge in [-0.1, -0.05) is 38.6 Å². The van der Waals surface area contributed by atoms with Crippen LogP contribution in [0.15, 0.2) is 42.5 Å². The van der Waals surface area contributed by atoms with Crippen LogP contribution in [0.3, 0.4) is 0 Å². The monoisotopic (exact) mass is 522 g/mol. The minimum absolute atomic E-state index is 0.0227. The fourth-order valence-electron chi connectivity index (χ4n) is 7.27. The van der Waals surface area contributed by atoms with Crippen LogP contribution in [-0.4, -0.2) is 100 Å². The van der Waals surface area contributed by atoms with Crippen molar-refractivity contribution < 1.29 is 50.4 Å². The maximum atomic E-state index is 13.2. The lowest BCUT2D eigenvalue weighted by Crippen LogP contribution is -2.72. The number of aliphatic hydroxyl groups excluding tert-OH is 4. The first-order valence-electron chi connectivity index (χ1n) is 12.6. The smallest absolute Gasteiger partial charge is 0.338 e. The summed E-state index contributed by atoms with van der Waals surface area (Å²) in [5.74, 6) is -5.49. The first-order chi connectivity index (χ1) is 17.1. The van der Waals surface area contributed by atoms with Crippen molar-refractivity contribution in [2.45, 2.75) is 80.4 Å². The summed E-state index contributed by atoms with van der Waals surface area (Å²) in [7, 11) is 0. The number of fused-ring (bicyclic) bond motifs is 3. The molecule has 3 aliphatic rings. The molecule has 4 rings (SSSR count). The third-order valence-electron chi connectivity index (χ3n) is 9.47. The summed E-state index contributed by atoms with van der Waals surface area (Å²) in [4.78, 5) is 13.2. The maximum absolute atomic E-state index is 13.2. The molecule has 3 saturated carbocycles. The number of benzene rings is 1. The molecular formula is C27H38O10. The zero-order chi connectivity index (χ0) is 27.7. The highest BCUT2D eigenvalue weighted by molar-refractivity contribution is 5.89. The first-order valence-corrected chi connectivity index (χ1v) is 12.6. The van der Waals surface area contributed by atoms with Gasteiger partial charge in [-0.25, -0.2) is 4.79 Å². The number of esters is 1. The van der Waals surface area contributed by atoms with Crippen molar-refractivity contribution in [3.8, 4) is 0 Å². The highest BCUT2D eigenvalue weighted by Crippen LogP contribution is 2.62. The van der Waals surface area contributed by atoms with E-state index < -0.39 is 83.1 Å². The van der Waals surface area contributed by atoms with Gasteiger partial charge in [-0.2, -0.15) is 0 Å². The minimum atomic E-state index is -2.86. The van der Waals surface area contributed by atoms with E-state index in [-0.39, 0.29) is 24.0 Å². The number of hydrogen-bond acceptors (Lipinski definition) is 10. The van der Waals surface area contributed by atoms with Crippen molar-refractivity contribution in [2.24, 2.45) is 23.7 Å². The lowest BCUT2D eigenvalue weighted by molar-refractivity contribution is -0.265. The molecule has 0 bridgehead atoms. The minimum Gasteiger partial charge on any atom is -0.455 e. The fraction of sp³-hybridized carbons (Fsp3) is 0.667. The van der Waals surface area contributed by atoms with E-state index in [4.69, 9.17) is 4.74 Å². The van der Waals surface area contributed by atoms with Gasteiger partial charge in [-0.3, -0.25) is 0 Å². The number of hydrogen-bond donors (Lipinski definition) is 8. The van der Waals surface area contributed by atoms with E-state index in [1.54, 1.807) is 32.0 Å². The van der Waals surface area contributed by atoms with Gasteiger partial charge < -0.3 is 45.6 Å². The topological polar surface area (TPSA) is 188 Å². The summed E-state index contributed by atoms with van der Waals surface area (Å²) in [5.41, 5.74) is -9.29. The second-order valence-corrected chi connectivity index (χ2v) is 11.5. The highest BCUT2D eigenvalue weighted by atomic mass is 16.6. The molecule has 1 aromatic rings. The molecule has 12 atom stereocenters. The van der Waals surface area contributed by atoms with E-state index >= 15 is 0 Å². The molecule has 0 aromatic heterocycles. The molecule has 8 N–H and O–H groups in total. The summed E-state index contributed by atoms with van der Waals surface area (Å²) < 4.78 is 5.78. The van der Waals surface area contributed by atoms with Gasteiger partial charge in [0.15, 0.2) is 0 Å². The second-order valence-electron chi connectivity index (χ2n) is 11.5. The van der Waals surface area contributed by atoms with Gasteiger partial charge in [-0.15, -0.1) is 0 Å². The summed E-state index contributed by atoms with van der Waals surface area (Å²) in [6, 6.07) is 7.84. The van der Waals surface area contributed by atoms with Gasteiger partial charge in [0.1, 0.15) is 29.0 Å². The lowest BCUT2D eigenvalue weighted by atomic mass is 9.53. The molecule has 3 aliphatic carbocycles. The third-order valence-corrected chi connectivity index (χ3v) is 9.47. The van der Waals surface area contributed by atoms with Crippen LogP contribution in [0.5, 0.6) is 0 Å². The predicted molar refractivity (Wildman–Crippen MR) is 130 cm³/mol. The molecule has 0 spiro atoms. The quantitative estimate of drug-likeness (QED) is 0.182. The Bertz CT molecular complexity index is 1050. The molecule has 10 heteroatoms. The standard InChI is InChI=1S/C27H38O10/c1-13(2)24(33)11-15(4)26(35)17-10-14(3)19(29)27(17,36)23(32)25(34,12-28)20(30)18(26)21(24)37-22(31)16-8-6-5-7-9-16/h5-9,14-15,17-21,23,28-30,32-36H,1,10-12H2,2-4H3/t14-,15+,17-,18-,19-,20-,21+,23+,24+,25+,26-,27+/m0/s1. The van der Waals surface area contributed by atoms with Crippen LogP contribution in [0.25, 0.3) is 0 Å². The molecule has 0 heterocycles. The number of carbonyl (C=O) groups is 1. The molecule has 0 radical (unpaired) electrons. The number of aliphatic hydroxyl groups is 8. The lowest BCUT2D eigenvalue weighted by Gasteiger charge is -2.58. The summed E-state index contributed by atoms with van der Waals surface area (Å²) >= 11 is 0. The summed E-state index contributed by atoms with van der Waals surface area (Å²) in [5, 5.41) is 91.5. The fourth-order valence-corrected chi connectivity index (χ4v) is 7.27. The van der Waals surface area contributed by atoms with Crippen molar-refractivity contribution in [3.63, 3.8) is 0 Å². The molecule has 206 valence electrons. The van der Waals surface area contributed by atoms with Gasteiger partial charge in [0.2, 0.25) is 0 Å². The van der Waals surface area contributed by atoms with Crippen LogP contribution >= 0.6 is 0 Å². The van der Waals surface area contributed by atoms with Crippen molar-refractivity contribution >= 4 is 5.97 Å². The van der Waals surface area contributed by atoms with E-state index in [1.165, 1.54) is 19.1 Å². The molecule has 1 aromatic carbocycles. The Morgan fingerprint density at radius 3 is 2.16 bits per heavy atom. The molecule has 0 unspecified atom stereocenters. The Morgan fingerprint density at radius 1 is 1.03 bits per heavy atom. The van der Waals surface area contributed by atoms with E-state index in [0.29, 0.717) is 0 Å². The van der Waals surface area contributed by atoms with Crippen molar-refractivity contribution in [2.75, 3.05) is 6.61 Å². The molecule has 10 nitrogen and oxygen atoms in total. The van der Waals surface area contributed by atoms with Crippen LogP contribution in [0.1, 0.15) is 44.0 Å². The average molecular weight is 523 g/mol. The average Bonchev–Trinajstić information content (AvgIpc) is 3.09. The summed E-state index contributed by atoms with van der Waals surface area (Å²) in [6.07, 6.45) is -8.08. The van der Waals surface area contributed by atoms with Crippen LogP contribution in [0, 0.1) is 23.7 Å². The van der Waals surface area contributed by atoms with Crippen LogP contribution in [-0.2, 0) is 4.74 Å². The van der Waals surface area contributed by atoms with Crippen LogP contribution in [0.2, 0.25) is 0 Å². The number of carbonyl (C=O) groups excluding carboxylic acids is 1. The Labute approximate surface area is 215 Å². The van der Waals surface area contributed by atoms with Gasteiger partial charge in [0.05, 0.1) is 35.9 Å². The van der Waals surface area contributed by atoms with E-state index in [2.05, 4.69) is 6.58 Å². The molecule has 37 heavy (non-hydrogen) atoms. The molecule has 3 fully saturated rings. The van der Waals surface area contributed by atoms with Gasteiger partial charge in [0, 0.05) is 5.92 Å². The Hall–Kier alpha value is -1.89. The van der Waals surface area contributed by atoms with Crippen LogP contribution < -0.4 is 0 Å². The highest BCUT2D eigenvalue weighted by Gasteiger charge is 2.78. The van der Waals surface area contributed by atoms with Crippen molar-refractivity contribution in [1.29, 1.82) is 0 Å². The second kappa shape index (κ2) is 9.10. The van der Waals surface area contributed by atoms with E-state index in [1.807, 2.05) is 0 Å². The Morgan fingerprint density at radius 2 is 1.62 bits per heavy atom.